The third kappa shape index (κ3) is 3.76. The van der Waals surface area contributed by atoms with Crippen LogP contribution in [0.4, 0.5) is 0 Å². The van der Waals surface area contributed by atoms with E-state index in [1.165, 1.54) is 5.56 Å². The van der Waals surface area contributed by atoms with Gasteiger partial charge in [-0.3, -0.25) is 9.80 Å². The normalized spacial score (nSPS) is 27.7. The smallest absolute Gasteiger partial charge is 0.212 e. The Bertz CT molecular complexity index is 468. The van der Waals surface area contributed by atoms with Gasteiger partial charge in [-0.1, -0.05) is 6.07 Å². The van der Waals surface area contributed by atoms with Gasteiger partial charge in [0.2, 0.25) is 5.88 Å². The number of rotatable bonds is 4. The molecule has 0 unspecified atom stereocenters. The van der Waals surface area contributed by atoms with Crippen molar-refractivity contribution in [2.45, 2.75) is 25.1 Å². The van der Waals surface area contributed by atoms with Crippen LogP contribution >= 0.6 is 0 Å². The van der Waals surface area contributed by atoms with Crippen molar-refractivity contribution >= 4 is 0 Å². The first-order valence-electron chi connectivity index (χ1n) is 7.97. The summed E-state index contributed by atoms with van der Waals surface area (Å²) in [5.74, 6) is 0.654. The number of methoxy groups -OCH3 is 1. The van der Waals surface area contributed by atoms with Crippen LogP contribution in [0.1, 0.15) is 12.0 Å². The molecule has 0 amide bonds. The van der Waals surface area contributed by atoms with E-state index < -0.39 is 0 Å². The highest BCUT2D eigenvalue weighted by atomic mass is 16.5. The summed E-state index contributed by atoms with van der Waals surface area (Å²) in [5.41, 5.74) is 1.21. The zero-order valence-electron chi connectivity index (χ0n) is 13.1. The monoisotopic (exact) mass is 307 g/mol. The fourth-order valence-electron chi connectivity index (χ4n) is 3.24. The molecular weight excluding hydrogens is 282 g/mol. The molecule has 2 fully saturated rings. The molecule has 3 heterocycles. The molecule has 2 aliphatic heterocycles. The van der Waals surface area contributed by atoms with Crippen LogP contribution in [-0.4, -0.2) is 78.5 Å². The topological polar surface area (TPSA) is 58.1 Å². The standard InChI is InChI=1S/C16H25N3O3/c1-21-16-4-3-13(9-17-16)10-18-5-2-6-19(8-7-18)14-11-22-12-15(14)20/h3-4,9,14-15,20H,2,5-8,10-12H2,1H3/t14-,15-/m0/s1. The first-order chi connectivity index (χ1) is 10.8. The van der Waals surface area contributed by atoms with E-state index in [4.69, 9.17) is 9.47 Å². The number of aliphatic hydroxyl groups excluding tert-OH is 1. The zero-order chi connectivity index (χ0) is 15.4. The number of hydrogen-bond donors (Lipinski definition) is 1. The van der Waals surface area contributed by atoms with Crippen LogP contribution in [0.25, 0.3) is 0 Å². The summed E-state index contributed by atoms with van der Waals surface area (Å²) in [5, 5.41) is 9.98. The number of nitrogens with zero attached hydrogens (tertiary/aromatic N) is 3. The maximum absolute atomic E-state index is 9.98. The van der Waals surface area contributed by atoms with Crippen LogP contribution < -0.4 is 4.74 Å². The Morgan fingerprint density at radius 2 is 2.18 bits per heavy atom. The van der Waals surface area contributed by atoms with Gasteiger partial charge in [-0.05, 0) is 25.1 Å². The lowest BCUT2D eigenvalue weighted by Gasteiger charge is -2.28. The van der Waals surface area contributed by atoms with Gasteiger partial charge in [-0.2, -0.15) is 0 Å². The van der Waals surface area contributed by atoms with Crippen molar-refractivity contribution in [2.75, 3.05) is 46.5 Å². The maximum atomic E-state index is 9.98. The molecule has 6 nitrogen and oxygen atoms in total. The molecule has 1 aromatic heterocycles. The average molecular weight is 307 g/mol. The summed E-state index contributed by atoms with van der Waals surface area (Å²) >= 11 is 0. The van der Waals surface area contributed by atoms with Gasteiger partial charge < -0.3 is 14.6 Å². The van der Waals surface area contributed by atoms with Crippen molar-refractivity contribution < 1.29 is 14.6 Å². The summed E-state index contributed by atoms with van der Waals surface area (Å²) in [4.78, 5) is 9.09. The largest absolute Gasteiger partial charge is 0.481 e. The summed E-state index contributed by atoms with van der Waals surface area (Å²) in [6, 6.07) is 4.15. The maximum Gasteiger partial charge on any atom is 0.212 e. The van der Waals surface area contributed by atoms with E-state index in [0.29, 0.717) is 19.1 Å². The van der Waals surface area contributed by atoms with Gasteiger partial charge in [0, 0.05) is 31.9 Å². The molecule has 0 aromatic carbocycles. The fraction of sp³-hybridized carbons (Fsp3) is 0.688. The molecule has 0 radical (unpaired) electrons. The second-order valence-electron chi connectivity index (χ2n) is 6.05. The first-order valence-corrected chi connectivity index (χ1v) is 7.97. The Hall–Kier alpha value is -1.21. The Morgan fingerprint density at radius 3 is 2.86 bits per heavy atom. The van der Waals surface area contributed by atoms with Crippen molar-refractivity contribution in [2.24, 2.45) is 0 Å². The van der Waals surface area contributed by atoms with Crippen molar-refractivity contribution in [3.63, 3.8) is 0 Å². The average Bonchev–Trinajstić information content (AvgIpc) is 2.83. The number of aliphatic hydroxyl groups is 1. The molecule has 0 aliphatic carbocycles. The minimum atomic E-state index is -0.336. The number of pyridine rings is 1. The van der Waals surface area contributed by atoms with E-state index in [1.807, 2.05) is 12.3 Å². The van der Waals surface area contributed by atoms with Crippen LogP contribution in [0.3, 0.4) is 0 Å². The lowest BCUT2D eigenvalue weighted by Crippen LogP contribution is -2.44. The fourth-order valence-corrected chi connectivity index (χ4v) is 3.24. The van der Waals surface area contributed by atoms with Gasteiger partial charge in [0.05, 0.1) is 32.5 Å². The predicted molar refractivity (Wildman–Crippen MR) is 82.9 cm³/mol. The van der Waals surface area contributed by atoms with Gasteiger partial charge in [0.1, 0.15) is 0 Å². The van der Waals surface area contributed by atoms with Crippen LogP contribution in [-0.2, 0) is 11.3 Å². The second-order valence-corrected chi connectivity index (χ2v) is 6.05. The summed E-state index contributed by atoms with van der Waals surface area (Å²) < 4.78 is 10.5. The quantitative estimate of drug-likeness (QED) is 0.867. The Labute approximate surface area is 131 Å². The van der Waals surface area contributed by atoms with Crippen LogP contribution in [0.15, 0.2) is 18.3 Å². The molecule has 0 bridgehead atoms. The lowest BCUT2D eigenvalue weighted by atomic mass is 10.2. The van der Waals surface area contributed by atoms with Gasteiger partial charge in [0.15, 0.2) is 0 Å². The molecular formula is C16H25N3O3. The van der Waals surface area contributed by atoms with E-state index >= 15 is 0 Å². The highest BCUT2D eigenvalue weighted by Crippen LogP contribution is 2.17. The predicted octanol–water partition coefficient (Wildman–Crippen LogP) is 0.358. The van der Waals surface area contributed by atoms with Gasteiger partial charge >= 0.3 is 0 Å². The van der Waals surface area contributed by atoms with Crippen molar-refractivity contribution in [3.8, 4) is 5.88 Å². The number of ether oxygens (including phenoxy) is 2. The molecule has 2 aliphatic rings. The molecule has 1 aromatic rings. The minimum Gasteiger partial charge on any atom is -0.481 e. The van der Waals surface area contributed by atoms with Gasteiger partial charge in [0.25, 0.3) is 0 Å². The molecule has 3 rings (SSSR count). The molecule has 22 heavy (non-hydrogen) atoms. The molecule has 2 atom stereocenters. The van der Waals surface area contributed by atoms with Crippen molar-refractivity contribution in [1.82, 2.24) is 14.8 Å². The Balaban J connectivity index is 1.53. The minimum absolute atomic E-state index is 0.169. The van der Waals surface area contributed by atoms with E-state index in [9.17, 15) is 5.11 Å². The second kappa shape index (κ2) is 7.37. The molecule has 122 valence electrons. The van der Waals surface area contributed by atoms with Crippen molar-refractivity contribution in [3.05, 3.63) is 23.9 Å². The van der Waals surface area contributed by atoms with Crippen LogP contribution in [0, 0.1) is 0 Å². The lowest BCUT2D eigenvalue weighted by molar-refractivity contribution is 0.0837. The molecule has 1 N–H and O–H groups in total. The SMILES string of the molecule is COc1ccc(CN2CCCN([C@H]3COC[C@@H]3O)CC2)cn1. The summed E-state index contributed by atoms with van der Waals surface area (Å²) in [6.07, 6.45) is 2.67. The molecule has 6 heteroatoms. The summed E-state index contributed by atoms with van der Waals surface area (Å²) in [7, 11) is 1.63. The van der Waals surface area contributed by atoms with E-state index in [-0.39, 0.29) is 12.1 Å². The highest BCUT2D eigenvalue weighted by Gasteiger charge is 2.32. The highest BCUT2D eigenvalue weighted by molar-refractivity contribution is 5.17. The van der Waals surface area contributed by atoms with E-state index in [0.717, 1.165) is 39.1 Å². The number of aromatic nitrogens is 1. The first kappa shape index (κ1) is 15.7. The van der Waals surface area contributed by atoms with Gasteiger partial charge in [-0.15, -0.1) is 0 Å². The molecule has 2 saturated heterocycles. The van der Waals surface area contributed by atoms with Crippen LogP contribution in [0.5, 0.6) is 5.88 Å². The van der Waals surface area contributed by atoms with E-state index in [1.54, 1.807) is 7.11 Å². The zero-order valence-corrected chi connectivity index (χ0v) is 13.1. The van der Waals surface area contributed by atoms with E-state index in [2.05, 4.69) is 20.9 Å². The Morgan fingerprint density at radius 1 is 1.27 bits per heavy atom. The van der Waals surface area contributed by atoms with Crippen molar-refractivity contribution in [1.29, 1.82) is 0 Å². The Kier molecular flexibility index (Phi) is 5.25. The number of hydrogen-bond acceptors (Lipinski definition) is 6. The van der Waals surface area contributed by atoms with Crippen LogP contribution in [0.2, 0.25) is 0 Å². The molecule has 0 saturated carbocycles. The summed E-state index contributed by atoms with van der Waals surface area (Å²) in [6.45, 7) is 6.14. The molecule has 0 spiro atoms. The third-order valence-electron chi connectivity index (χ3n) is 4.53. The third-order valence-corrected chi connectivity index (χ3v) is 4.53. The van der Waals surface area contributed by atoms with Gasteiger partial charge in [-0.25, -0.2) is 4.98 Å².